The van der Waals surface area contributed by atoms with E-state index >= 15 is 0 Å². The summed E-state index contributed by atoms with van der Waals surface area (Å²) in [4.78, 5) is 27.5. The number of rotatable bonds is 2. The minimum absolute atomic E-state index is 0.0151. The second kappa shape index (κ2) is 5.32. The van der Waals surface area contributed by atoms with Gasteiger partial charge in [0.05, 0.1) is 5.69 Å². The van der Waals surface area contributed by atoms with Crippen LogP contribution in [0.3, 0.4) is 0 Å². The highest BCUT2D eigenvalue weighted by Gasteiger charge is 2.29. The van der Waals surface area contributed by atoms with Crippen molar-refractivity contribution in [2.45, 2.75) is 12.8 Å². The number of benzene rings is 1. The Morgan fingerprint density at radius 2 is 2.05 bits per heavy atom. The monoisotopic (exact) mass is 294 g/mol. The van der Waals surface area contributed by atoms with E-state index in [0.717, 1.165) is 25.9 Å². The number of carbonyl (C=O) groups is 2. The zero-order valence-electron chi connectivity index (χ0n) is 11.0. The van der Waals surface area contributed by atoms with Gasteiger partial charge in [-0.15, -0.1) is 0 Å². The summed E-state index contributed by atoms with van der Waals surface area (Å²) >= 11 is 5.91. The minimum Gasteiger partial charge on any atom is -0.482 e. The maximum atomic E-state index is 12.2. The molecule has 20 heavy (non-hydrogen) atoms. The SMILES string of the molecule is O=C(CN1C(=O)COc2cc(Cl)ccc21)N1CCCC1. The predicted molar refractivity (Wildman–Crippen MR) is 75.1 cm³/mol. The first kappa shape index (κ1) is 13.2. The van der Waals surface area contributed by atoms with Gasteiger partial charge in [-0.1, -0.05) is 11.6 Å². The third-order valence-corrected chi connectivity index (χ3v) is 3.85. The van der Waals surface area contributed by atoms with Crippen LogP contribution >= 0.6 is 11.6 Å². The number of likely N-dealkylation sites (tertiary alicyclic amines) is 1. The normalized spacial score (nSPS) is 17.9. The molecule has 2 heterocycles. The Morgan fingerprint density at radius 1 is 1.30 bits per heavy atom. The van der Waals surface area contributed by atoms with E-state index in [2.05, 4.69) is 0 Å². The average molecular weight is 295 g/mol. The molecule has 0 unspecified atom stereocenters. The molecule has 1 aromatic carbocycles. The van der Waals surface area contributed by atoms with Gasteiger partial charge in [0.1, 0.15) is 12.3 Å². The van der Waals surface area contributed by atoms with Gasteiger partial charge in [0.2, 0.25) is 5.91 Å². The van der Waals surface area contributed by atoms with Gasteiger partial charge in [-0.3, -0.25) is 14.5 Å². The van der Waals surface area contributed by atoms with Gasteiger partial charge in [0, 0.05) is 24.2 Å². The molecule has 2 aliphatic rings. The Kier molecular flexibility index (Phi) is 3.53. The third-order valence-electron chi connectivity index (χ3n) is 3.62. The Bertz CT molecular complexity index is 555. The molecule has 0 aliphatic carbocycles. The lowest BCUT2D eigenvalue weighted by Crippen LogP contribution is -2.45. The first-order valence-electron chi connectivity index (χ1n) is 6.65. The summed E-state index contributed by atoms with van der Waals surface area (Å²) in [5.74, 6) is 0.331. The first-order chi connectivity index (χ1) is 9.65. The van der Waals surface area contributed by atoms with E-state index in [9.17, 15) is 9.59 Å². The molecule has 2 aliphatic heterocycles. The van der Waals surface area contributed by atoms with E-state index in [0.29, 0.717) is 16.5 Å². The molecule has 0 saturated carbocycles. The fraction of sp³-hybridized carbons (Fsp3) is 0.429. The van der Waals surface area contributed by atoms with E-state index < -0.39 is 0 Å². The Balaban J connectivity index is 1.82. The maximum Gasteiger partial charge on any atom is 0.265 e. The molecule has 0 spiro atoms. The molecule has 0 atom stereocenters. The van der Waals surface area contributed by atoms with Crippen molar-refractivity contribution in [2.75, 3.05) is 31.1 Å². The number of fused-ring (bicyclic) bond motifs is 1. The maximum absolute atomic E-state index is 12.2. The molecule has 0 aromatic heterocycles. The summed E-state index contributed by atoms with van der Waals surface area (Å²) in [6.07, 6.45) is 2.07. The standard InChI is InChI=1S/C14H15ClN2O3/c15-10-3-4-11-12(7-10)20-9-14(19)17(11)8-13(18)16-5-1-2-6-16/h3-4,7H,1-2,5-6,8-9H2. The van der Waals surface area contributed by atoms with Gasteiger partial charge < -0.3 is 9.64 Å². The molecule has 0 N–H and O–H groups in total. The number of hydrogen-bond acceptors (Lipinski definition) is 3. The summed E-state index contributed by atoms with van der Waals surface area (Å²) < 4.78 is 5.35. The van der Waals surface area contributed by atoms with Gasteiger partial charge in [0.15, 0.2) is 6.61 Å². The second-order valence-electron chi connectivity index (χ2n) is 4.97. The summed E-state index contributed by atoms with van der Waals surface area (Å²) in [5.41, 5.74) is 0.609. The molecular formula is C14H15ClN2O3. The van der Waals surface area contributed by atoms with Crippen LogP contribution in [-0.4, -0.2) is 43.0 Å². The molecule has 1 saturated heterocycles. The van der Waals surface area contributed by atoms with E-state index in [4.69, 9.17) is 16.3 Å². The topological polar surface area (TPSA) is 49.9 Å². The van der Waals surface area contributed by atoms with E-state index in [1.54, 1.807) is 23.1 Å². The second-order valence-corrected chi connectivity index (χ2v) is 5.40. The number of carbonyl (C=O) groups excluding carboxylic acids is 2. The highest BCUT2D eigenvalue weighted by atomic mass is 35.5. The number of hydrogen-bond donors (Lipinski definition) is 0. The van der Waals surface area contributed by atoms with Crippen molar-refractivity contribution in [3.63, 3.8) is 0 Å². The van der Waals surface area contributed by atoms with E-state index in [1.165, 1.54) is 4.90 Å². The highest BCUT2D eigenvalue weighted by Crippen LogP contribution is 2.34. The van der Waals surface area contributed by atoms with Crippen molar-refractivity contribution in [3.05, 3.63) is 23.2 Å². The molecule has 5 nitrogen and oxygen atoms in total. The molecule has 6 heteroatoms. The molecule has 3 rings (SSSR count). The van der Waals surface area contributed by atoms with Gasteiger partial charge in [-0.2, -0.15) is 0 Å². The zero-order chi connectivity index (χ0) is 14.1. The van der Waals surface area contributed by atoms with Crippen LogP contribution in [-0.2, 0) is 9.59 Å². The van der Waals surface area contributed by atoms with Gasteiger partial charge in [0.25, 0.3) is 5.91 Å². The number of anilines is 1. The Morgan fingerprint density at radius 3 is 2.80 bits per heavy atom. The number of nitrogens with zero attached hydrogens (tertiary/aromatic N) is 2. The summed E-state index contributed by atoms with van der Waals surface area (Å²) in [7, 11) is 0. The van der Waals surface area contributed by atoms with Crippen molar-refractivity contribution in [1.82, 2.24) is 4.90 Å². The summed E-state index contributed by atoms with van der Waals surface area (Å²) in [6, 6.07) is 5.07. The molecule has 106 valence electrons. The van der Waals surface area contributed by atoms with Gasteiger partial charge >= 0.3 is 0 Å². The summed E-state index contributed by atoms with van der Waals surface area (Å²) in [5, 5.41) is 0.545. The molecular weight excluding hydrogens is 280 g/mol. The van der Waals surface area contributed by atoms with Crippen molar-refractivity contribution in [1.29, 1.82) is 0 Å². The number of halogens is 1. The van der Waals surface area contributed by atoms with Crippen molar-refractivity contribution < 1.29 is 14.3 Å². The van der Waals surface area contributed by atoms with Crippen LogP contribution in [0, 0.1) is 0 Å². The molecule has 1 aromatic rings. The van der Waals surface area contributed by atoms with E-state index in [-0.39, 0.29) is 25.0 Å². The van der Waals surface area contributed by atoms with E-state index in [1.807, 2.05) is 0 Å². The van der Waals surface area contributed by atoms with Gasteiger partial charge in [-0.05, 0) is 25.0 Å². The van der Waals surface area contributed by atoms with Crippen LogP contribution in [0.25, 0.3) is 0 Å². The predicted octanol–water partition coefficient (Wildman–Crippen LogP) is 1.69. The van der Waals surface area contributed by atoms with Gasteiger partial charge in [-0.25, -0.2) is 0 Å². The van der Waals surface area contributed by atoms with Crippen molar-refractivity contribution in [2.24, 2.45) is 0 Å². The Labute approximate surface area is 122 Å². The molecule has 2 amide bonds. The third kappa shape index (κ3) is 2.45. The van der Waals surface area contributed by atoms with Crippen LogP contribution < -0.4 is 9.64 Å². The van der Waals surface area contributed by atoms with Crippen molar-refractivity contribution in [3.8, 4) is 5.75 Å². The van der Waals surface area contributed by atoms with Crippen LogP contribution in [0.1, 0.15) is 12.8 Å². The molecule has 0 radical (unpaired) electrons. The van der Waals surface area contributed by atoms with Crippen LogP contribution in [0.4, 0.5) is 5.69 Å². The lowest BCUT2D eigenvalue weighted by molar-refractivity contribution is -0.131. The van der Waals surface area contributed by atoms with Crippen molar-refractivity contribution >= 4 is 29.1 Å². The van der Waals surface area contributed by atoms with Crippen LogP contribution in [0.2, 0.25) is 5.02 Å². The minimum atomic E-state index is -0.202. The lowest BCUT2D eigenvalue weighted by atomic mass is 10.2. The van der Waals surface area contributed by atoms with Crippen LogP contribution in [0.15, 0.2) is 18.2 Å². The largest absolute Gasteiger partial charge is 0.482 e. The highest BCUT2D eigenvalue weighted by molar-refractivity contribution is 6.30. The Hall–Kier alpha value is -1.75. The fourth-order valence-electron chi connectivity index (χ4n) is 2.55. The lowest BCUT2D eigenvalue weighted by Gasteiger charge is -2.30. The molecule has 1 fully saturated rings. The average Bonchev–Trinajstić information content (AvgIpc) is 2.96. The molecule has 0 bridgehead atoms. The quantitative estimate of drug-likeness (QED) is 0.834. The summed E-state index contributed by atoms with van der Waals surface area (Å²) in [6.45, 7) is 1.58. The zero-order valence-corrected chi connectivity index (χ0v) is 11.7. The number of amides is 2. The smallest absolute Gasteiger partial charge is 0.265 e. The number of ether oxygens (including phenoxy) is 1. The van der Waals surface area contributed by atoms with Crippen LogP contribution in [0.5, 0.6) is 5.75 Å². The fourth-order valence-corrected chi connectivity index (χ4v) is 2.72. The first-order valence-corrected chi connectivity index (χ1v) is 7.03.